The van der Waals surface area contributed by atoms with Crippen molar-refractivity contribution in [1.29, 1.82) is 0 Å². The van der Waals surface area contributed by atoms with E-state index in [0.29, 0.717) is 13.1 Å². The second-order valence-corrected chi connectivity index (χ2v) is 9.84. The monoisotopic (exact) mass is 465 g/mol. The van der Waals surface area contributed by atoms with Crippen LogP contribution in [0.1, 0.15) is 33.8 Å². The number of benzene rings is 1. The predicted molar refractivity (Wildman–Crippen MR) is 137 cm³/mol. The molecule has 1 aliphatic rings. The van der Waals surface area contributed by atoms with E-state index in [9.17, 15) is 4.79 Å². The van der Waals surface area contributed by atoms with E-state index in [0.717, 1.165) is 55.3 Å². The number of hydrogen-bond donors (Lipinski definition) is 0. The molecule has 0 saturated carbocycles. The summed E-state index contributed by atoms with van der Waals surface area (Å²) in [4.78, 5) is 24.4. The van der Waals surface area contributed by atoms with E-state index in [4.69, 9.17) is 10.1 Å². The molecule has 6 nitrogen and oxygen atoms in total. The molecule has 6 rings (SSSR count). The molecule has 5 aromatic rings. The van der Waals surface area contributed by atoms with Gasteiger partial charge >= 0.3 is 0 Å². The van der Waals surface area contributed by atoms with Gasteiger partial charge in [0.2, 0.25) is 0 Å². The Kier molecular flexibility index (Phi) is 4.99. The molecule has 0 N–H and O–H groups in total. The van der Waals surface area contributed by atoms with Crippen molar-refractivity contribution in [2.24, 2.45) is 0 Å². The van der Waals surface area contributed by atoms with Crippen molar-refractivity contribution < 1.29 is 0 Å². The Morgan fingerprint density at radius 3 is 2.76 bits per heavy atom. The van der Waals surface area contributed by atoms with Gasteiger partial charge in [-0.15, -0.1) is 11.3 Å². The fourth-order valence-electron chi connectivity index (χ4n) is 4.57. The smallest absolute Gasteiger partial charge is 0.262 e. The molecule has 0 fully saturated rings. The lowest BCUT2D eigenvalue weighted by Crippen LogP contribution is -2.20. The van der Waals surface area contributed by atoms with Gasteiger partial charge in [-0.05, 0) is 55.2 Å². The Labute approximate surface area is 200 Å². The van der Waals surface area contributed by atoms with Crippen LogP contribution in [0.4, 0.5) is 0 Å². The standard InChI is InChI=1S/C27H23N5OS/c1-17-18(2)34-26-23(17)27(33)32-12-10-20(25(32)29-26)13-22-16-31(15-19-7-4-3-5-8-19)30-24(22)21-9-6-11-28-14-21/h3-9,11,13-14,16H,10,12,15H2,1-2H3/b20-13+. The second-order valence-electron chi connectivity index (χ2n) is 8.63. The topological polar surface area (TPSA) is 65.6 Å². The third-order valence-corrected chi connectivity index (χ3v) is 7.52. The highest BCUT2D eigenvalue weighted by Gasteiger charge is 2.24. The molecule has 5 heterocycles. The Morgan fingerprint density at radius 1 is 1.12 bits per heavy atom. The first kappa shape index (κ1) is 20.7. The summed E-state index contributed by atoms with van der Waals surface area (Å²) >= 11 is 1.60. The van der Waals surface area contributed by atoms with Gasteiger partial charge in [0, 0.05) is 41.1 Å². The maximum absolute atomic E-state index is 13.2. The van der Waals surface area contributed by atoms with Crippen molar-refractivity contribution in [3.63, 3.8) is 0 Å². The number of allylic oxidation sites excluding steroid dienone is 1. The first-order chi connectivity index (χ1) is 16.6. The summed E-state index contributed by atoms with van der Waals surface area (Å²) in [6.07, 6.45) is 8.59. The first-order valence-corrected chi connectivity index (χ1v) is 12.1. The molecule has 0 radical (unpaired) electrons. The third kappa shape index (κ3) is 3.49. The highest BCUT2D eigenvalue weighted by Crippen LogP contribution is 2.33. The lowest BCUT2D eigenvalue weighted by atomic mass is 10.1. The molecule has 0 unspecified atom stereocenters. The molecule has 0 saturated heterocycles. The molecule has 1 aromatic carbocycles. The zero-order valence-corrected chi connectivity index (χ0v) is 19.8. The van der Waals surface area contributed by atoms with Gasteiger partial charge in [0.25, 0.3) is 5.56 Å². The van der Waals surface area contributed by atoms with Crippen LogP contribution < -0.4 is 5.56 Å². The van der Waals surface area contributed by atoms with Crippen molar-refractivity contribution in [3.8, 4) is 11.3 Å². The molecule has 0 spiro atoms. The summed E-state index contributed by atoms with van der Waals surface area (Å²) in [5.41, 5.74) is 6.20. The first-order valence-electron chi connectivity index (χ1n) is 11.3. The van der Waals surface area contributed by atoms with Crippen LogP contribution in [0.5, 0.6) is 0 Å². The molecule has 4 aromatic heterocycles. The number of nitrogens with zero attached hydrogens (tertiary/aromatic N) is 5. The van der Waals surface area contributed by atoms with Gasteiger partial charge in [-0.1, -0.05) is 30.3 Å². The Bertz CT molecular complexity index is 1610. The SMILES string of the molecule is Cc1sc2nc3n(c(=O)c2c1C)CC/C3=C\c1cn(Cc2ccccc2)nc1-c1cccnc1. The largest absolute Gasteiger partial charge is 0.292 e. The Hall–Kier alpha value is -3.84. The van der Waals surface area contributed by atoms with E-state index >= 15 is 0 Å². The summed E-state index contributed by atoms with van der Waals surface area (Å²) in [6.45, 7) is 5.39. The number of aromatic nitrogens is 5. The number of pyridine rings is 1. The minimum Gasteiger partial charge on any atom is -0.292 e. The molecule has 0 atom stereocenters. The van der Waals surface area contributed by atoms with Crippen LogP contribution in [0, 0.1) is 13.8 Å². The Balaban J connectivity index is 1.47. The number of hydrogen-bond acceptors (Lipinski definition) is 5. The number of rotatable bonds is 4. The zero-order chi connectivity index (χ0) is 23.2. The van der Waals surface area contributed by atoms with Crippen LogP contribution >= 0.6 is 11.3 Å². The van der Waals surface area contributed by atoms with Crippen LogP contribution in [0.3, 0.4) is 0 Å². The lowest BCUT2D eigenvalue weighted by Gasteiger charge is -2.04. The van der Waals surface area contributed by atoms with E-state index in [1.807, 2.05) is 52.7 Å². The number of thiophene rings is 1. The second kappa shape index (κ2) is 8.18. The van der Waals surface area contributed by atoms with Crippen LogP contribution in [-0.2, 0) is 13.1 Å². The summed E-state index contributed by atoms with van der Waals surface area (Å²) < 4.78 is 3.79. The molecular formula is C27H23N5OS. The number of fused-ring (bicyclic) bond motifs is 2. The normalized spacial score (nSPS) is 14.2. The average Bonchev–Trinajstić information content (AvgIpc) is 3.52. The van der Waals surface area contributed by atoms with Crippen molar-refractivity contribution in [2.45, 2.75) is 33.4 Å². The molecule has 0 aliphatic carbocycles. The molecule has 1 aliphatic heterocycles. The van der Waals surface area contributed by atoms with E-state index in [1.54, 1.807) is 17.5 Å². The van der Waals surface area contributed by atoms with Crippen LogP contribution in [0.2, 0.25) is 0 Å². The van der Waals surface area contributed by atoms with E-state index in [2.05, 4.69) is 36.3 Å². The van der Waals surface area contributed by atoms with Crippen molar-refractivity contribution in [1.82, 2.24) is 24.3 Å². The lowest BCUT2D eigenvalue weighted by molar-refractivity contribution is 0.689. The summed E-state index contributed by atoms with van der Waals surface area (Å²) in [5, 5.41) is 5.66. The molecule has 34 heavy (non-hydrogen) atoms. The van der Waals surface area contributed by atoms with Gasteiger partial charge in [0.15, 0.2) is 0 Å². The third-order valence-electron chi connectivity index (χ3n) is 6.42. The van der Waals surface area contributed by atoms with Crippen LogP contribution in [-0.4, -0.2) is 24.3 Å². The quantitative estimate of drug-likeness (QED) is 0.360. The molecule has 7 heteroatoms. The van der Waals surface area contributed by atoms with Gasteiger partial charge in [0.1, 0.15) is 16.3 Å². The van der Waals surface area contributed by atoms with E-state index < -0.39 is 0 Å². The van der Waals surface area contributed by atoms with Gasteiger partial charge in [-0.25, -0.2) is 4.98 Å². The van der Waals surface area contributed by atoms with Crippen molar-refractivity contribution in [2.75, 3.05) is 0 Å². The van der Waals surface area contributed by atoms with Crippen LogP contribution in [0.25, 0.3) is 33.1 Å². The van der Waals surface area contributed by atoms with Gasteiger partial charge in [-0.3, -0.25) is 19.0 Å². The van der Waals surface area contributed by atoms with Crippen molar-refractivity contribution >= 4 is 33.2 Å². The van der Waals surface area contributed by atoms with E-state index in [-0.39, 0.29) is 5.56 Å². The van der Waals surface area contributed by atoms with Gasteiger partial charge in [0.05, 0.1) is 11.9 Å². The molecule has 168 valence electrons. The van der Waals surface area contributed by atoms with Crippen LogP contribution in [0.15, 0.2) is 65.8 Å². The average molecular weight is 466 g/mol. The van der Waals surface area contributed by atoms with E-state index in [1.165, 1.54) is 5.56 Å². The summed E-state index contributed by atoms with van der Waals surface area (Å²) in [6, 6.07) is 14.2. The predicted octanol–water partition coefficient (Wildman–Crippen LogP) is 5.33. The molecule has 0 bridgehead atoms. The molecule has 0 amide bonds. The fourth-order valence-corrected chi connectivity index (χ4v) is 5.59. The summed E-state index contributed by atoms with van der Waals surface area (Å²) in [7, 11) is 0. The zero-order valence-electron chi connectivity index (χ0n) is 19.0. The molecular weight excluding hydrogens is 442 g/mol. The fraction of sp³-hybridized carbons (Fsp3) is 0.185. The van der Waals surface area contributed by atoms with Gasteiger partial charge < -0.3 is 0 Å². The highest BCUT2D eigenvalue weighted by molar-refractivity contribution is 7.18. The highest BCUT2D eigenvalue weighted by atomic mass is 32.1. The summed E-state index contributed by atoms with van der Waals surface area (Å²) in [5.74, 6) is 0.770. The Morgan fingerprint density at radius 2 is 1.97 bits per heavy atom. The minimum absolute atomic E-state index is 0.0671. The minimum atomic E-state index is 0.0671. The van der Waals surface area contributed by atoms with Crippen molar-refractivity contribution in [3.05, 3.63) is 98.8 Å². The van der Waals surface area contributed by atoms with Gasteiger partial charge in [-0.2, -0.15) is 5.10 Å². The maximum atomic E-state index is 13.2. The number of aryl methyl sites for hydroxylation is 2. The maximum Gasteiger partial charge on any atom is 0.262 e.